The summed E-state index contributed by atoms with van der Waals surface area (Å²) in [5.41, 5.74) is 4.08. The lowest BCUT2D eigenvalue weighted by molar-refractivity contribution is 0.476. The zero-order valence-electron chi connectivity index (χ0n) is 8.69. The predicted octanol–water partition coefficient (Wildman–Crippen LogP) is 3.31. The Bertz CT molecular complexity index is 654. The van der Waals surface area contributed by atoms with Gasteiger partial charge in [-0.25, -0.2) is 4.98 Å². The molecule has 0 fully saturated rings. The minimum atomic E-state index is 0.254. The van der Waals surface area contributed by atoms with Gasteiger partial charge in [-0.2, -0.15) is 11.3 Å². The number of hydrogen-bond donors (Lipinski definition) is 2. The molecule has 2 N–H and O–H groups in total. The third kappa shape index (κ3) is 1.39. The maximum absolute atomic E-state index is 9.38. The Balaban J connectivity index is 2.23. The van der Waals surface area contributed by atoms with Crippen LogP contribution in [-0.4, -0.2) is 15.1 Å². The van der Waals surface area contributed by atoms with Crippen LogP contribution in [0, 0.1) is 6.92 Å². The number of imidazole rings is 1. The highest BCUT2D eigenvalue weighted by Crippen LogP contribution is 2.27. The highest BCUT2D eigenvalue weighted by Gasteiger charge is 2.08. The number of aryl methyl sites for hydroxylation is 1. The van der Waals surface area contributed by atoms with Crippen LogP contribution in [0.4, 0.5) is 0 Å². The van der Waals surface area contributed by atoms with E-state index in [0.717, 1.165) is 22.4 Å². The number of aromatic amines is 1. The molecule has 16 heavy (non-hydrogen) atoms. The van der Waals surface area contributed by atoms with Gasteiger partial charge >= 0.3 is 0 Å². The third-order valence-corrected chi connectivity index (χ3v) is 3.44. The number of fused-ring (bicyclic) bond motifs is 1. The van der Waals surface area contributed by atoms with Crippen molar-refractivity contribution in [3.8, 4) is 17.1 Å². The summed E-state index contributed by atoms with van der Waals surface area (Å²) in [5.74, 6) is 1.11. The third-order valence-electron chi connectivity index (χ3n) is 2.58. The first-order chi connectivity index (χ1) is 7.74. The van der Waals surface area contributed by atoms with Crippen molar-refractivity contribution in [1.82, 2.24) is 9.97 Å². The number of thiophene rings is 1. The van der Waals surface area contributed by atoms with Crippen molar-refractivity contribution in [2.24, 2.45) is 0 Å². The Morgan fingerprint density at radius 1 is 1.31 bits per heavy atom. The highest BCUT2D eigenvalue weighted by molar-refractivity contribution is 7.08. The van der Waals surface area contributed by atoms with Gasteiger partial charge in [0.25, 0.3) is 0 Å². The van der Waals surface area contributed by atoms with Gasteiger partial charge in [0.2, 0.25) is 0 Å². The Hall–Kier alpha value is -1.81. The van der Waals surface area contributed by atoms with Gasteiger partial charge in [0, 0.05) is 17.0 Å². The Morgan fingerprint density at radius 2 is 2.19 bits per heavy atom. The normalized spacial score (nSPS) is 11.1. The molecule has 0 atom stereocenters. The molecule has 2 heterocycles. The topological polar surface area (TPSA) is 48.9 Å². The van der Waals surface area contributed by atoms with Crippen LogP contribution < -0.4 is 0 Å². The molecular formula is C12H10N2OS. The molecule has 0 unspecified atom stereocenters. The molecule has 3 nitrogen and oxygen atoms in total. The second-order valence-electron chi connectivity index (χ2n) is 3.76. The number of phenols is 1. The van der Waals surface area contributed by atoms with Gasteiger partial charge in [-0.1, -0.05) is 0 Å². The zero-order chi connectivity index (χ0) is 11.1. The molecule has 3 aromatic rings. The van der Waals surface area contributed by atoms with Crippen molar-refractivity contribution in [3.63, 3.8) is 0 Å². The van der Waals surface area contributed by atoms with Crippen molar-refractivity contribution in [2.45, 2.75) is 6.92 Å². The van der Waals surface area contributed by atoms with E-state index in [1.807, 2.05) is 6.07 Å². The molecule has 0 aliphatic heterocycles. The van der Waals surface area contributed by atoms with Crippen molar-refractivity contribution in [1.29, 1.82) is 0 Å². The van der Waals surface area contributed by atoms with Crippen molar-refractivity contribution in [3.05, 3.63) is 34.5 Å². The molecule has 0 saturated carbocycles. The van der Waals surface area contributed by atoms with E-state index in [1.165, 1.54) is 5.56 Å². The van der Waals surface area contributed by atoms with Gasteiger partial charge in [-0.3, -0.25) is 0 Å². The minimum absolute atomic E-state index is 0.254. The van der Waals surface area contributed by atoms with Crippen LogP contribution in [0.2, 0.25) is 0 Å². The van der Waals surface area contributed by atoms with Gasteiger partial charge in [-0.15, -0.1) is 0 Å². The number of rotatable bonds is 1. The Morgan fingerprint density at radius 3 is 2.94 bits per heavy atom. The van der Waals surface area contributed by atoms with E-state index in [1.54, 1.807) is 23.5 Å². The summed E-state index contributed by atoms with van der Waals surface area (Å²) < 4.78 is 0. The summed E-state index contributed by atoms with van der Waals surface area (Å²) in [4.78, 5) is 7.71. The average Bonchev–Trinajstić information content (AvgIpc) is 2.82. The molecule has 80 valence electrons. The number of nitrogens with zero attached hydrogens (tertiary/aromatic N) is 1. The molecule has 0 saturated heterocycles. The number of phenolic OH excluding ortho intramolecular Hbond substituents is 1. The molecule has 0 amide bonds. The van der Waals surface area contributed by atoms with Crippen LogP contribution in [0.3, 0.4) is 0 Å². The summed E-state index contributed by atoms with van der Waals surface area (Å²) in [6.07, 6.45) is 0. The fraction of sp³-hybridized carbons (Fsp3) is 0.0833. The molecule has 0 radical (unpaired) electrons. The molecular weight excluding hydrogens is 220 g/mol. The van der Waals surface area contributed by atoms with Crippen LogP contribution >= 0.6 is 11.3 Å². The lowest BCUT2D eigenvalue weighted by Crippen LogP contribution is -1.78. The van der Waals surface area contributed by atoms with E-state index >= 15 is 0 Å². The van der Waals surface area contributed by atoms with Crippen molar-refractivity contribution >= 4 is 22.4 Å². The van der Waals surface area contributed by atoms with Gasteiger partial charge < -0.3 is 10.1 Å². The van der Waals surface area contributed by atoms with Crippen LogP contribution in [0.5, 0.6) is 5.75 Å². The number of H-pyrrole nitrogens is 1. The smallest absolute Gasteiger partial charge is 0.139 e. The number of benzene rings is 1. The first kappa shape index (κ1) is 9.42. The SMILES string of the molecule is Cc1cscc1-c1nc2ccc(O)cc2[nH]1. The predicted molar refractivity (Wildman–Crippen MR) is 65.8 cm³/mol. The van der Waals surface area contributed by atoms with E-state index in [9.17, 15) is 5.11 Å². The lowest BCUT2D eigenvalue weighted by atomic mass is 10.2. The van der Waals surface area contributed by atoms with Gasteiger partial charge in [-0.05, 0) is 30.0 Å². The number of hydrogen-bond acceptors (Lipinski definition) is 3. The Kier molecular flexibility index (Phi) is 1.97. The number of nitrogens with one attached hydrogen (secondary N) is 1. The van der Waals surface area contributed by atoms with Gasteiger partial charge in [0.05, 0.1) is 11.0 Å². The average molecular weight is 230 g/mol. The molecule has 0 spiro atoms. The highest BCUT2D eigenvalue weighted by atomic mass is 32.1. The maximum Gasteiger partial charge on any atom is 0.139 e. The summed E-state index contributed by atoms with van der Waals surface area (Å²) in [6.45, 7) is 2.07. The first-order valence-corrected chi connectivity index (χ1v) is 5.90. The van der Waals surface area contributed by atoms with Crippen molar-refractivity contribution in [2.75, 3.05) is 0 Å². The molecule has 2 aromatic heterocycles. The number of aromatic hydroxyl groups is 1. The van der Waals surface area contributed by atoms with Gasteiger partial charge in [0.15, 0.2) is 0 Å². The monoisotopic (exact) mass is 230 g/mol. The second kappa shape index (κ2) is 3.35. The summed E-state index contributed by atoms with van der Waals surface area (Å²) in [5, 5.41) is 13.6. The molecule has 0 bridgehead atoms. The first-order valence-electron chi connectivity index (χ1n) is 4.96. The molecule has 0 aliphatic rings. The van der Waals surface area contributed by atoms with Crippen LogP contribution in [0.15, 0.2) is 29.0 Å². The fourth-order valence-corrected chi connectivity index (χ4v) is 2.56. The fourth-order valence-electron chi connectivity index (χ4n) is 1.73. The van der Waals surface area contributed by atoms with E-state index in [2.05, 4.69) is 27.7 Å². The largest absolute Gasteiger partial charge is 0.508 e. The summed E-state index contributed by atoms with van der Waals surface area (Å²) in [6, 6.07) is 5.15. The summed E-state index contributed by atoms with van der Waals surface area (Å²) in [7, 11) is 0. The summed E-state index contributed by atoms with van der Waals surface area (Å²) >= 11 is 1.66. The quantitative estimate of drug-likeness (QED) is 0.673. The number of aromatic nitrogens is 2. The zero-order valence-corrected chi connectivity index (χ0v) is 9.51. The molecule has 3 rings (SSSR count). The van der Waals surface area contributed by atoms with Crippen LogP contribution in [-0.2, 0) is 0 Å². The molecule has 0 aliphatic carbocycles. The van der Waals surface area contributed by atoms with Crippen LogP contribution in [0.25, 0.3) is 22.4 Å². The van der Waals surface area contributed by atoms with E-state index in [0.29, 0.717) is 0 Å². The molecule has 1 aromatic carbocycles. The lowest BCUT2D eigenvalue weighted by Gasteiger charge is -1.92. The van der Waals surface area contributed by atoms with E-state index in [-0.39, 0.29) is 5.75 Å². The standard InChI is InChI=1S/C12H10N2OS/c1-7-5-16-6-9(7)12-13-10-3-2-8(15)4-11(10)14-12/h2-6,15H,1H3,(H,13,14). The minimum Gasteiger partial charge on any atom is -0.508 e. The van der Waals surface area contributed by atoms with Crippen LogP contribution in [0.1, 0.15) is 5.56 Å². The van der Waals surface area contributed by atoms with E-state index < -0.39 is 0 Å². The van der Waals surface area contributed by atoms with E-state index in [4.69, 9.17) is 0 Å². The second-order valence-corrected chi connectivity index (χ2v) is 4.50. The van der Waals surface area contributed by atoms with Crippen molar-refractivity contribution < 1.29 is 5.11 Å². The molecule has 4 heteroatoms. The Labute approximate surface area is 96.4 Å². The maximum atomic E-state index is 9.38. The van der Waals surface area contributed by atoms with Gasteiger partial charge in [0.1, 0.15) is 11.6 Å².